The molecule has 0 atom stereocenters. The minimum absolute atomic E-state index is 0.273. The van der Waals surface area contributed by atoms with E-state index in [4.69, 9.17) is 4.99 Å². The zero-order valence-electron chi connectivity index (χ0n) is 9.92. The Morgan fingerprint density at radius 1 is 1.40 bits per heavy atom. The van der Waals surface area contributed by atoms with Crippen LogP contribution in [-0.4, -0.2) is 35.6 Å². The van der Waals surface area contributed by atoms with Crippen LogP contribution in [0.1, 0.15) is 32.6 Å². The lowest BCUT2D eigenvalue weighted by molar-refractivity contribution is 0.271. The summed E-state index contributed by atoms with van der Waals surface area (Å²) in [6.45, 7) is 2.36. The lowest BCUT2D eigenvalue weighted by atomic mass is 9.79. The highest BCUT2D eigenvalue weighted by molar-refractivity contribution is 8.14. The summed E-state index contributed by atoms with van der Waals surface area (Å²) in [5, 5.41) is 3.07. The molecule has 1 saturated carbocycles. The Labute approximate surface area is 96.7 Å². The van der Waals surface area contributed by atoms with Crippen LogP contribution in [0.4, 0.5) is 0 Å². The maximum absolute atomic E-state index is 4.88. The zero-order valence-corrected chi connectivity index (χ0v) is 10.7. The molecule has 2 aliphatic rings. The van der Waals surface area contributed by atoms with E-state index >= 15 is 0 Å². The summed E-state index contributed by atoms with van der Waals surface area (Å²) < 4.78 is 0. The Balaban J connectivity index is 1.97. The molecule has 0 aromatic rings. The second-order valence-electron chi connectivity index (χ2n) is 5.12. The largest absolute Gasteiger partial charge is 0.298 e. The fourth-order valence-electron chi connectivity index (χ4n) is 2.29. The number of thioether (sulfide) groups is 1. The quantitative estimate of drug-likeness (QED) is 0.695. The molecule has 0 radical (unpaired) electrons. The highest BCUT2D eigenvalue weighted by atomic mass is 32.2. The summed E-state index contributed by atoms with van der Waals surface area (Å²) in [5.41, 5.74) is 3.54. The Bertz CT molecular complexity index is 255. The number of nitrogens with one attached hydrogen (secondary N) is 1. The maximum atomic E-state index is 4.88. The standard InChI is InChI=1S/C11H21N3S/c1-9-4-6-11(7-5-9)8-15-10(12-11)13-14(2)3/h9H,4-8H2,1-3H3,(H,12,13). The van der Waals surface area contributed by atoms with Crippen LogP contribution in [0, 0.1) is 5.92 Å². The summed E-state index contributed by atoms with van der Waals surface area (Å²) >= 11 is 1.87. The fraction of sp³-hybridized carbons (Fsp3) is 0.909. The van der Waals surface area contributed by atoms with Gasteiger partial charge in [0.15, 0.2) is 5.17 Å². The monoisotopic (exact) mass is 227 g/mol. The van der Waals surface area contributed by atoms with Crippen LogP contribution in [0.25, 0.3) is 0 Å². The third-order valence-electron chi connectivity index (χ3n) is 3.34. The van der Waals surface area contributed by atoms with Gasteiger partial charge in [-0.05, 0) is 31.6 Å². The van der Waals surface area contributed by atoms with Gasteiger partial charge in [-0.2, -0.15) is 0 Å². The summed E-state index contributed by atoms with van der Waals surface area (Å²) in [5.74, 6) is 2.08. The van der Waals surface area contributed by atoms with E-state index in [0.717, 1.165) is 11.1 Å². The van der Waals surface area contributed by atoms with Gasteiger partial charge in [-0.25, -0.2) is 5.01 Å². The zero-order chi connectivity index (χ0) is 10.9. The molecule has 0 saturated heterocycles. The van der Waals surface area contributed by atoms with Crippen molar-refractivity contribution in [3.05, 3.63) is 0 Å². The van der Waals surface area contributed by atoms with Crippen LogP contribution in [0.5, 0.6) is 0 Å². The first-order valence-corrected chi connectivity index (χ1v) is 6.75. The predicted molar refractivity (Wildman–Crippen MR) is 67.1 cm³/mol. The van der Waals surface area contributed by atoms with Gasteiger partial charge in [-0.15, -0.1) is 0 Å². The summed E-state index contributed by atoms with van der Waals surface area (Å²) in [6, 6.07) is 0. The Morgan fingerprint density at radius 3 is 2.67 bits per heavy atom. The van der Waals surface area contributed by atoms with Crippen molar-refractivity contribution in [3.63, 3.8) is 0 Å². The van der Waals surface area contributed by atoms with Crippen molar-refractivity contribution < 1.29 is 0 Å². The van der Waals surface area contributed by atoms with E-state index < -0.39 is 0 Å². The molecule has 2 rings (SSSR count). The van der Waals surface area contributed by atoms with Crippen LogP contribution in [0.2, 0.25) is 0 Å². The predicted octanol–water partition coefficient (Wildman–Crippen LogP) is 2.10. The molecule has 3 nitrogen and oxygen atoms in total. The first-order valence-electron chi connectivity index (χ1n) is 5.76. The van der Waals surface area contributed by atoms with E-state index in [2.05, 4.69) is 12.3 Å². The molecule has 15 heavy (non-hydrogen) atoms. The van der Waals surface area contributed by atoms with Crippen molar-refractivity contribution in [1.82, 2.24) is 10.4 Å². The Morgan fingerprint density at radius 2 is 2.07 bits per heavy atom. The topological polar surface area (TPSA) is 27.6 Å². The van der Waals surface area contributed by atoms with Crippen molar-refractivity contribution in [1.29, 1.82) is 0 Å². The minimum Gasteiger partial charge on any atom is -0.298 e. The summed E-state index contributed by atoms with van der Waals surface area (Å²) in [7, 11) is 4.02. The normalized spacial score (nSPS) is 36.0. The Kier molecular flexibility index (Phi) is 3.26. The van der Waals surface area contributed by atoms with Crippen LogP contribution in [0.3, 0.4) is 0 Å². The number of hydrogen-bond acceptors (Lipinski definition) is 4. The van der Waals surface area contributed by atoms with Crippen LogP contribution in [0.15, 0.2) is 4.99 Å². The highest BCUT2D eigenvalue weighted by Gasteiger charge is 2.38. The molecule has 1 heterocycles. The van der Waals surface area contributed by atoms with E-state index in [1.165, 1.54) is 31.4 Å². The molecule has 86 valence electrons. The molecular formula is C11H21N3S. The molecule has 0 unspecified atom stereocenters. The summed E-state index contributed by atoms with van der Waals surface area (Å²) in [4.78, 5) is 4.88. The maximum Gasteiger partial charge on any atom is 0.171 e. The molecule has 4 heteroatoms. The SMILES string of the molecule is CC1CCC2(CC1)CSC(NN(C)C)=N2. The smallest absolute Gasteiger partial charge is 0.171 e. The molecule has 0 amide bonds. The van der Waals surface area contributed by atoms with Crippen LogP contribution >= 0.6 is 11.8 Å². The number of hydrogen-bond donors (Lipinski definition) is 1. The highest BCUT2D eigenvalue weighted by Crippen LogP contribution is 2.41. The number of hydrazine groups is 1. The van der Waals surface area contributed by atoms with Gasteiger partial charge >= 0.3 is 0 Å². The number of rotatable bonds is 1. The van der Waals surface area contributed by atoms with Gasteiger partial charge in [-0.3, -0.25) is 10.4 Å². The van der Waals surface area contributed by atoms with Crippen LogP contribution in [-0.2, 0) is 0 Å². The van der Waals surface area contributed by atoms with Crippen molar-refractivity contribution in [2.24, 2.45) is 10.9 Å². The van der Waals surface area contributed by atoms with Gasteiger partial charge in [-0.1, -0.05) is 18.7 Å². The Hall–Kier alpha value is -0.220. The first-order chi connectivity index (χ1) is 7.10. The van der Waals surface area contributed by atoms with E-state index in [-0.39, 0.29) is 5.54 Å². The lowest BCUT2D eigenvalue weighted by Crippen LogP contribution is -2.35. The molecule has 0 aromatic heterocycles. The van der Waals surface area contributed by atoms with Crippen LogP contribution < -0.4 is 5.43 Å². The second-order valence-corrected chi connectivity index (χ2v) is 6.08. The average molecular weight is 227 g/mol. The number of nitrogens with zero attached hydrogens (tertiary/aromatic N) is 2. The fourth-order valence-corrected chi connectivity index (χ4v) is 3.55. The third-order valence-corrected chi connectivity index (χ3v) is 4.48. The van der Waals surface area contributed by atoms with E-state index in [1.807, 2.05) is 30.9 Å². The van der Waals surface area contributed by atoms with Gasteiger partial charge in [0.05, 0.1) is 5.54 Å². The third kappa shape index (κ3) is 2.67. The van der Waals surface area contributed by atoms with Crippen molar-refractivity contribution in [2.75, 3.05) is 19.8 Å². The van der Waals surface area contributed by atoms with Gasteiger partial charge in [0, 0.05) is 19.8 Å². The van der Waals surface area contributed by atoms with Crippen molar-refractivity contribution in [2.45, 2.75) is 38.1 Å². The van der Waals surface area contributed by atoms with Crippen molar-refractivity contribution >= 4 is 16.9 Å². The molecule has 0 bridgehead atoms. The molecule has 1 N–H and O–H groups in total. The molecule has 1 aliphatic carbocycles. The second kappa shape index (κ2) is 4.34. The molecule has 1 fully saturated rings. The molecule has 1 aliphatic heterocycles. The lowest BCUT2D eigenvalue weighted by Gasteiger charge is -2.32. The first kappa shape index (κ1) is 11.3. The average Bonchev–Trinajstić information content (AvgIpc) is 2.54. The van der Waals surface area contributed by atoms with Gasteiger partial charge < -0.3 is 0 Å². The summed E-state index contributed by atoms with van der Waals surface area (Å²) in [6.07, 6.45) is 5.25. The van der Waals surface area contributed by atoms with Gasteiger partial charge in [0.1, 0.15) is 0 Å². The van der Waals surface area contributed by atoms with E-state index in [1.54, 1.807) is 0 Å². The van der Waals surface area contributed by atoms with Gasteiger partial charge in [0.2, 0.25) is 0 Å². The number of amidine groups is 1. The number of aliphatic imine (C=N–C) groups is 1. The minimum atomic E-state index is 0.273. The van der Waals surface area contributed by atoms with E-state index in [0.29, 0.717) is 0 Å². The molecule has 0 aromatic carbocycles. The van der Waals surface area contributed by atoms with E-state index in [9.17, 15) is 0 Å². The van der Waals surface area contributed by atoms with Gasteiger partial charge in [0.25, 0.3) is 0 Å². The molecular weight excluding hydrogens is 206 g/mol. The molecule has 1 spiro atoms. The van der Waals surface area contributed by atoms with Crippen molar-refractivity contribution in [3.8, 4) is 0 Å².